The zero-order valence-electron chi connectivity index (χ0n) is 20.6. The summed E-state index contributed by atoms with van der Waals surface area (Å²) in [5.74, 6) is -2.54. The van der Waals surface area contributed by atoms with Gasteiger partial charge in [-0.05, 0) is 36.8 Å². The molecule has 4 heterocycles. The minimum absolute atomic E-state index is 0.0305. The first kappa shape index (κ1) is 23.9. The Balaban J connectivity index is 1.32. The van der Waals surface area contributed by atoms with Crippen molar-refractivity contribution in [2.45, 2.75) is 13.5 Å². The Morgan fingerprint density at radius 2 is 1.82 bits per heavy atom. The van der Waals surface area contributed by atoms with Crippen LogP contribution in [-0.2, 0) is 11.3 Å². The van der Waals surface area contributed by atoms with Gasteiger partial charge < -0.3 is 19.7 Å². The summed E-state index contributed by atoms with van der Waals surface area (Å²) < 4.78 is 17.3. The molecule has 1 aromatic heterocycles. The van der Waals surface area contributed by atoms with Crippen LogP contribution in [0.4, 0.5) is 15.8 Å². The molecule has 1 saturated heterocycles. The van der Waals surface area contributed by atoms with Crippen molar-refractivity contribution in [2.24, 2.45) is 5.10 Å². The first-order valence-electron chi connectivity index (χ1n) is 12.3. The molecule has 1 spiro atoms. The van der Waals surface area contributed by atoms with Crippen molar-refractivity contribution in [1.29, 1.82) is 0 Å². The van der Waals surface area contributed by atoms with E-state index in [2.05, 4.69) is 0 Å². The highest BCUT2D eigenvalue weighted by atomic mass is 19.1. The smallest absolute Gasteiger partial charge is 0.341 e. The molecule has 0 atom stereocenters. The molecule has 0 saturated carbocycles. The van der Waals surface area contributed by atoms with Gasteiger partial charge in [0.2, 0.25) is 11.3 Å². The first-order chi connectivity index (χ1) is 18.2. The number of hydrogen-bond donors (Lipinski definition) is 2. The number of halogens is 1. The van der Waals surface area contributed by atoms with Crippen LogP contribution >= 0.6 is 0 Å². The topological polar surface area (TPSA) is 115 Å². The van der Waals surface area contributed by atoms with Gasteiger partial charge in [0.05, 0.1) is 30.0 Å². The lowest BCUT2D eigenvalue weighted by Gasteiger charge is -2.39. The number of fused-ring (bicyclic) bond motifs is 4. The normalized spacial score (nSPS) is 17.7. The molecule has 6 rings (SSSR count). The zero-order chi connectivity index (χ0) is 26.8. The number of rotatable bonds is 4. The standard InChI is InChI=1S/C27H24FN5O5/c1-2-30-14-19(27(37)38)24(34)17-12-20(28)23(13-22(17)30)31-7-9-33(10-8-31)15-32-21-6-4-3-5-16(21)11-18(26(35)36)25(32)29-33/h3-6,11-14H,2,7-10,15H2,1H3,(H-,35,36,37,38)/p+1. The second-order valence-electron chi connectivity index (χ2n) is 9.73. The molecule has 0 bridgehead atoms. The highest BCUT2D eigenvalue weighted by molar-refractivity contribution is 6.29. The van der Waals surface area contributed by atoms with Gasteiger partial charge in [-0.2, -0.15) is 4.59 Å². The second-order valence-corrected chi connectivity index (χ2v) is 9.73. The number of benzene rings is 2. The van der Waals surface area contributed by atoms with Gasteiger partial charge >= 0.3 is 11.9 Å². The number of pyridine rings is 1. The highest BCUT2D eigenvalue weighted by Gasteiger charge is 2.46. The third-order valence-corrected chi connectivity index (χ3v) is 7.60. The number of aromatic nitrogens is 1. The van der Waals surface area contributed by atoms with Gasteiger partial charge in [-0.3, -0.25) is 9.69 Å². The maximum Gasteiger partial charge on any atom is 0.341 e. The number of para-hydroxylation sites is 1. The predicted octanol–water partition coefficient (Wildman–Crippen LogP) is 2.77. The van der Waals surface area contributed by atoms with Crippen LogP contribution in [0.1, 0.15) is 22.8 Å². The largest absolute Gasteiger partial charge is 0.478 e. The maximum absolute atomic E-state index is 15.3. The van der Waals surface area contributed by atoms with Crippen molar-refractivity contribution in [3.63, 3.8) is 0 Å². The van der Waals surface area contributed by atoms with Gasteiger partial charge in [0, 0.05) is 18.1 Å². The van der Waals surface area contributed by atoms with E-state index in [4.69, 9.17) is 5.10 Å². The van der Waals surface area contributed by atoms with Crippen LogP contribution in [0.25, 0.3) is 17.0 Å². The number of quaternary nitrogens is 1. The van der Waals surface area contributed by atoms with Gasteiger partial charge in [-0.1, -0.05) is 23.3 Å². The second kappa shape index (κ2) is 8.52. The summed E-state index contributed by atoms with van der Waals surface area (Å²) in [5, 5.41) is 24.1. The van der Waals surface area contributed by atoms with Crippen LogP contribution < -0.4 is 15.2 Å². The molecule has 10 nitrogen and oxygen atoms in total. The van der Waals surface area contributed by atoms with Crippen molar-refractivity contribution in [3.8, 4) is 0 Å². The number of aryl methyl sites for hydroxylation is 1. The molecule has 1 fully saturated rings. The molecule has 0 aliphatic carbocycles. The molecule has 194 valence electrons. The van der Waals surface area contributed by atoms with Crippen LogP contribution in [0.3, 0.4) is 0 Å². The number of hydrogen-bond acceptors (Lipinski definition) is 6. The van der Waals surface area contributed by atoms with Crippen molar-refractivity contribution in [1.82, 2.24) is 4.57 Å². The predicted molar refractivity (Wildman–Crippen MR) is 140 cm³/mol. The van der Waals surface area contributed by atoms with E-state index in [1.807, 2.05) is 41.0 Å². The fourth-order valence-corrected chi connectivity index (χ4v) is 5.61. The van der Waals surface area contributed by atoms with Gasteiger partial charge in [-0.25, -0.2) is 14.0 Å². The number of anilines is 2. The molecule has 2 aromatic carbocycles. The van der Waals surface area contributed by atoms with Gasteiger partial charge in [0.1, 0.15) is 30.0 Å². The summed E-state index contributed by atoms with van der Waals surface area (Å²) in [5.41, 5.74) is 1.59. The van der Waals surface area contributed by atoms with E-state index in [1.165, 1.54) is 6.20 Å². The van der Waals surface area contributed by atoms with Crippen LogP contribution in [0.2, 0.25) is 0 Å². The number of carboxylic acids is 2. The van der Waals surface area contributed by atoms with E-state index in [9.17, 15) is 24.6 Å². The first-order valence-corrected chi connectivity index (χ1v) is 12.3. The summed E-state index contributed by atoms with van der Waals surface area (Å²) >= 11 is 0. The van der Waals surface area contributed by atoms with Crippen LogP contribution in [0.15, 0.2) is 58.1 Å². The molecule has 2 N–H and O–H groups in total. The molecular formula is C27H25FN5O5+. The fourth-order valence-electron chi connectivity index (χ4n) is 5.61. The summed E-state index contributed by atoms with van der Waals surface area (Å²) in [7, 11) is 0. The van der Waals surface area contributed by atoms with E-state index < -0.39 is 28.7 Å². The minimum Gasteiger partial charge on any atom is -0.478 e. The van der Waals surface area contributed by atoms with E-state index in [0.29, 0.717) is 61.0 Å². The summed E-state index contributed by atoms with van der Waals surface area (Å²) in [6.45, 7) is 4.71. The molecule has 0 amide bonds. The van der Waals surface area contributed by atoms with E-state index in [1.54, 1.807) is 16.7 Å². The number of nitrogens with zero attached hydrogens (tertiary/aromatic N) is 5. The van der Waals surface area contributed by atoms with Gasteiger partial charge in [0.15, 0.2) is 6.67 Å². The molecule has 0 radical (unpaired) electrons. The quantitative estimate of drug-likeness (QED) is 0.511. The lowest BCUT2D eigenvalue weighted by molar-refractivity contribution is -0.929. The Morgan fingerprint density at radius 1 is 1.08 bits per heavy atom. The maximum atomic E-state index is 15.3. The van der Waals surface area contributed by atoms with Crippen LogP contribution in [0.5, 0.6) is 0 Å². The SMILES string of the molecule is CCn1cc(C(=O)O)c(=O)c2cc(F)c(N3CC[N+]4(CC3)CN3C(=N4)C(C(=O)O)=Cc4ccccc43)cc21. The number of aromatic carboxylic acids is 1. The number of carbonyl (C=O) groups is 2. The summed E-state index contributed by atoms with van der Waals surface area (Å²) in [4.78, 5) is 40.0. The molecule has 3 aromatic rings. The van der Waals surface area contributed by atoms with E-state index in [0.717, 1.165) is 17.3 Å². The Morgan fingerprint density at radius 3 is 2.50 bits per heavy atom. The monoisotopic (exact) mass is 518 g/mol. The molecule has 0 unspecified atom stereocenters. The van der Waals surface area contributed by atoms with Crippen molar-refractivity contribution in [3.05, 3.63) is 75.3 Å². The molecule has 11 heteroatoms. The Bertz CT molecular complexity index is 1650. The Kier molecular flexibility index (Phi) is 5.35. The Labute approximate surface area is 216 Å². The van der Waals surface area contributed by atoms with Crippen molar-refractivity contribution >= 4 is 46.1 Å². The third-order valence-electron chi connectivity index (χ3n) is 7.60. The number of amidine groups is 1. The lowest BCUT2D eigenvalue weighted by atomic mass is 10.0. The molecular weight excluding hydrogens is 493 g/mol. The highest BCUT2D eigenvalue weighted by Crippen LogP contribution is 2.37. The van der Waals surface area contributed by atoms with E-state index >= 15 is 4.39 Å². The Hall–Kier alpha value is -4.51. The van der Waals surface area contributed by atoms with Crippen molar-refractivity contribution in [2.75, 3.05) is 42.6 Å². The van der Waals surface area contributed by atoms with Crippen LogP contribution in [-0.4, -0.2) is 70.0 Å². The fraction of sp³-hybridized carbons (Fsp3) is 0.259. The number of carboxylic acid groups (broad SMARTS) is 2. The lowest BCUT2D eigenvalue weighted by Crippen LogP contribution is -2.57. The average molecular weight is 519 g/mol. The summed E-state index contributed by atoms with van der Waals surface area (Å²) in [6, 6.07) is 10.3. The zero-order valence-corrected chi connectivity index (χ0v) is 20.6. The van der Waals surface area contributed by atoms with Gasteiger partial charge in [-0.15, -0.1) is 0 Å². The number of piperazine rings is 1. The number of aliphatic carboxylic acids is 1. The minimum atomic E-state index is -1.35. The van der Waals surface area contributed by atoms with Crippen LogP contribution in [0, 0.1) is 5.82 Å². The van der Waals surface area contributed by atoms with Crippen molar-refractivity contribution < 1.29 is 28.8 Å². The third kappa shape index (κ3) is 3.58. The van der Waals surface area contributed by atoms with Gasteiger partial charge in [0.25, 0.3) is 0 Å². The van der Waals surface area contributed by atoms with E-state index in [-0.39, 0.29) is 11.0 Å². The molecule has 38 heavy (non-hydrogen) atoms. The molecule has 3 aliphatic heterocycles. The average Bonchev–Trinajstić information content (AvgIpc) is 3.27. The molecule has 3 aliphatic rings. The summed E-state index contributed by atoms with van der Waals surface area (Å²) in [6.07, 6.45) is 2.95.